The van der Waals surface area contributed by atoms with Crippen LogP contribution in [0.25, 0.3) is 0 Å². The molecule has 0 saturated carbocycles. The maximum Gasteiger partial charge on any atom is 0.159 e. The summed E-state index contributed by atoms with van der Waals surface area (Å²) in [6, 6.07) is 8.06. The number of aromatic nitrogens is 2. The van der Waals surface area contributed by atoms with Crippen LogP contribution in [0.15, 0.2) is 30.6 Å². The summed E-state index contributed by atoms with van der Waals surface area (Å²) in [5.41, 5.74) is 7.69. The van der Waals surface area contributed by atoms with Gasteiger partial charge < -0.3 is 21.1 Å². The molecule has 2 aromatic rings. The van der Waals surface area contributed by atoms with Crippen molar-refractivity contribution in [2.45, 2.75) is 6.42 Å². The third kappa shape index (κ3) is 5.41. The molecule has 1 aromatic heterocycles. The Morgan fingerprint density at radius 1 is 1.12 bits per heavy atom. The van der Waals surface area contributed by atoms with E-state index in [4.69, 9.17) is 10.5 Å². The minimum absolute atomic E-state index is 0.535. The number of morpholine rings is 1. The Balaban J connectivity index is 1.52. The highest BCUT2D eigenvalue weighted by atomic mass is 127. The van der Waals surface area contributed by atoms with Gasteiger partial charge in [0.1, 0.15) is 12.0 Å². The number of nitrogens with one attached hydrogen (secondary N) is 2. The van der Waals surface area contributed by atoms with E-state index in [1.807, 2.05) is 24.3 Å². The zero-order chi connectivity index (χ0) is 17.5. The molecule has 0 radical (unpaired) electrons. The van der Waals surface area contributed by atoms with Crippen LogP contribution >= 0.6 is 22.6 Å². The molecule has 25 heavy (non-hydrogen) atoms. The lowest BCUT2D eigenvalue weighted by atomic mass is 10.3. The molecule has 0 aliphatic carbocycles. The summed E-state index contributed by atoms with van der Waals surface area (Å²) in [7, 11) is 0. The molecule has 0 bridgehead atoms. The van der Waals surface area contributed by atoms with Crippen molar-refractivity contribution in [3.05, 3.63) is 34.2 Å². The van der Waals surface area contributed by atoms with Gasteiger partial charge in [0.2, 0.25) is 0 Å². The molecule has 7 nitrogen and oxygen atoms in total. The van der Waals surface area contributed by atoms with E-state index >= 15 is 0 Å². The molecule has 0 amide bonds. The molecule has 1 aliphatic rings. The van der Waals surface area contributed by atoms with Gasteiger partial charge in [-0.2, -0.15) is 0 Å². The third-order valence-corrected chi connectivity index (χ3v) is 4.76. The average molecular weight is 454 g/mol. The van der Waals surface area contributed by atoms with E-state index in [2.05, 4.69) is 48.1 Å². The quantitative estimate of drug-likeness (QED) is 0.438. The van der Waals surface area contributed by atoms with E-state index in [9.17, 15) is 0 Å². The lowest BCUT2D eigenvalue weighted by Crippen LogP contribution is -2.37. The van der Waals surface area contributed by atoms with Gasteiger partial charge in [-0.1, -0.05) is 0 Å². The summed E-state index contributed by atoms with van der Waals surface area (Å²) >= 11 is 2.28. The number of nitrogen functional groups attached to an aromatic ring is 1. The second-order valence-electron chi connectivity index (χ2n) is 5.85. The van der Waals surface area contributed by atoms with Gasteiger partial charge >= 0.3 is 0 Å². The van der Waals surface area contributed by atoms with Crippen molar-refractivity contribution < 1.29 is 4.74 Å². The van der Waals surface area contributed by atoms with Crippen molar-refractivity contribution in [3.8, 4) is 0 Å². The van der Waals surface area contributed by atoms with Gasteiger partial charge in [0.25, 0.3) is 0 Å². The predicted octanol–water partition coefficient (Wildman–Crippen LogP) is 2.54. The molecular weight excluding hydrogens is 431 g/mol. The normalized spacial score (nSPS) is 15.1. The van der Waals surface area contributed by atoms with Crippen molar-refractivity contribution in [1.82, 2.24) is 14.9 Å². The lowest BCUT2D eigenvalue weighted by Gasteiger charge is -2.26. The second-order valence-corrected chi connectivity index (χ2v) is 7.10. The van der Waals surface area contributed by atoms with Gasteiger partial charge in [-0.3, -0.25) is 4.90 Å². The monoisotopic (exact) mass is 454 g/mol. The summed E-state index contributed by atoms with van der Waals surface area (Å²) in [5.74, 6) is 1.29. The van der Waals surface area contributed by atoms with Crippen LogP contribution in [0.5, 0.6) is 0 Å². The smallest absolute Gasteiger partial charge is 0.159 e. The highest BCUT2D eigenvalue weighted by Gasteiger charge is 2.11. The summed E-state index contributed by atoms with van der Waals surface area (Å²) in [6.07, 6.45) is 2.55. The Morgan fingerprint density at radius 3 is 2.60 bits per heavy atom. The maximum atomic E-state index is 6.21. The number of rotatable bonds is 7. The summed E-state index contributed by atoms with van der Waals surface area (Å²) in [6.45, 7) is 5.57. The fourth-order valence-corrected chi connectivity index (χ4v) is 3.00. The minimum Gasteiger partial charge on any atom is -0.393 e. The third-order valence-electron chi connectivity index (χ3n) is 4.04. The molecule has 134 valence electrons. The number of halogens is 1. The first-order chi connectivity index (χ1) is 12.2. The number of nitrogens with zero attached hydrogens (tertiary/aromatic N) is 3. The van der Waals surface area contributed by atoms with E-state index < -0.39 is 0 Å². The molecule has 0 atom stereocenters. The Hall–Kier alpha value is -1.65. The van der Waals surface area contributed by atoms with Crippen molar-refractivity contribution >= 4 is 45.6 Å². The molecule has 0 spiro atoms. The zero-order valence-electron chi connectivity index (χ0n) is 14.0. The first-order valence-corrected chi connectivity index (χ1v) is 9.47. The Kier molecular flexibility index (Phi) is 6.65. The lowest BCUT2D eigenvalue weighted by molar-refractivity contribution is 0.0378. The van der Waals surface area contributed by atoms with Gasteiger partial charge in [-0.15, -0.1) is 0 Å². The van der Waals surface area contributed by atoms with Crippen LogP contribution in [0.2, 0.25) is 0 Å². The van der Waals surface area contributed by atoms with E-state index in [-0.39, 0.29) is 0 Å². The summed E-state index contributed by atoms with van der Waals surface area (Å²) in [4.78, 5) is 10.9. The van der Waals surface area contributed by atoms with Gasteiger partial charge in [0, 0.05) is 28.9 Å². The van der Waals surface area contributed by atoms with E-state index in [1.165, 1.54) is 9.90 Å². The summed E-state index contributed by atoms with van der Waals surface area (Å²) in [5, 5.41) is 6.55. The SMILES string of the molecule is Nc1c(NCCCN2CCOCC2)ncnc1Nc1ccc(I)cc1. The number of hydrogen-bond acceptors (Lipinski definition) is 7. The number of hydrogen-bond donors (Lipinski definition) is 3. The van der Waals surface area contributed by atoms with Crippen LogP contribution in [-0.2, 0) is 4.74 Å². The minimum atomic E-state index is 0.535. The molecule has 3 rings (SSSR count). The van der Waals surface area contributed by atoms with E-state index in [0.717, 1.165) is 51.5 Å². The number of anilines is 4. The first kappa shape index (κ1) is 18.2. The van der Waals surface area contributed by atoms with Crippen LogP contribution in [0.4, 0.5) is 23.0 Å². The highest BCUT2D eigenvalue weighted by Crippen LogP contribution is 2.25. The van der Waals surface area contributed by atoms with E-state index in [0.29, 0.717) is 17.3 Å². The second kappa shape index (κ2) is 9.16. The molecule has 1 aromatic carbocycles. The van der Waals surface area contributed by atoms with Crippen molar-refractivity contribution in [1.29, 1.82) is 0 Å². The fourth-order valence-electron chi connectivity index (χ4n) is 2.64. The topological polar surface area (TPSA) is 88.3 Å². The largest absolute Gasteiger partial charge is 0.393 e. The van der Waals surface area contributed by atoms with Gasteiger partial charge in [-0.25, -0.2) is 9.97 Å². The predicted molar refractivity (Wildman–Crippen MR) is 109 cm³/mol. The molecule has 1 fully saturated rings. The Bertz CT molecular complexity index is 675. The van der Waals surface area contributed by atoms with Crippen LogP contribution < -0.4 is 16.4 Å². The van der Waals surface area contributed by atoms with E-state index in [1.54, 1.807) is 0 Å². The fraction of sp³-hybridized carbons (Fsp3) is 0.412. The molecule has 1 aliphatic heterocycles. The first-order valence-electron chi connectivity index (χ1n) is 8.39. The molecular formula is C17H23IN6O. The van der Waals surface area contributed by atoms with Crippen LogP contribution in [0.1, 0.15) is 6.42 Å². The van der Waals surface area contributed by atoms with Crippen LogP contribution in [0, 0.1) is 3.57 Å². The highest BCUT2D eigenvalue weighted by molar-refractivity contribution is 14.1. The van der Waals surface area contributed by atoms with Crippen molar-refractivity contribution in [2.24, 2.45) is 0 Å². The number of benzene rings is 1. The van der Waals surface area contributed by atoms with Crippen molar-refractivity contribution in [3.63, 3.8) is 0 Å². The van der Waals surface area contributed by atoms with Gasteiger partial charge in [0.15, 0.2) is 11.6 Å². The van der Waals surface area contributed by atoms with Gasteiger partial charge in [0.05, 0.1) is 13.2 Å². The molecule has 1 saturated heterocycles. The van der Waals surface area contributed by atoms with Crippen molar-refractivity contribution in [2.75, 3.05) is 55.8 Å². The number of nitrogens with two attached hydrogens (primary N) is 1. The molecule has 4 N–H and O–H groups in total. The molecule has 2 heterocycles. The zero-order valence-corrected chi connectivity index (χ0v) is 16.2. The van der Waals surface area contributed by atoms with Gasteiger partial charge in [-0.05, 0) is 59.8 Å². The molecule has 8 heteroatoms. The van der Waals surface area contributed by atoms with Crippen LogP contribution in [0.3, 0.4) is 0 Å². The van der Waals surface area contributed by atoms with Crippen LogP contribution in [-0.4, -0.2) is 54.3 Å². The summed E-state index contributed by atoms with van der Waals surface area (Å²) < 4.78 is 6.54. The number of ether oxygens (including phenoxy) is 1. The standard InChI is InChI=1S/C17H23IN6O/c18-13-2-4-14(5-3-13)23-17-15(19)16(21-12-22-17)20-6-1-7-24-8-10-25-11-9-24/h2-5,12H,1,6-11,19H2,(H2,20,21,22,23). The molecule has 0 unspecified atom stereocenters. The Morgan fingerprint density at radius 2 is 1.84 bits per heavy atom. The average Bonchev–Trinajstić information content (AvgIpc) is 2.64. The Labute approximate surface area is 161 Å². The maximum absolute atomic E-state index is 6.21.